The molecule has 0 saturated heterocycles. The minimum absolute atomic E-state index is 0.171. The number of aryl methyl sites for hydroxylation is 2. The smallest absolute Gasteiger partial charge is 0.309 e. The Balaban J connectivity index is 2.20. The lowest BCUT2D eigenvalue weighted by molar-refractivity contribution is -0.139. The zero-order valence-corrected chi connectivity index (χ0v) is 18.0. The Morgan fingerprint density at radius 3 is 2.39 bits per heavy atom. The molecule has 8 heteroatoms. The summed E-state index contributed by atoms with van der Waals surface area (Å²) in [6.45, 7) is 6.00. The second-order valence-electron chi connectivity index (χ2n) is 6.61. The van der Waals surface area contributed by atoms with Crippen LogP contribution >= 0.6 is 11.3 Å². The Hall–Kier alpha value is -2.19. The normalized spacial score (nSPS) is 12.4. The number of carbonyl (C=O) groups is 2. The standard InChI is InChI=1S/C20H26N2O4S2/c1-4-5-10-21-19(23)20(24)22-13-18(17-7-6-11-27-17)28(25,26)16-9-8-14(2)15(3)12-16/h6-9,11-12,18H,4-5,10,13H2,1-3H3,(H,21,23)(H,22,24)/t18-/m1/s1. The molecule has 1 aromatic heterocycles. The van der Waals surface area contributed by atoms with Crippen LogP contribution in [0.3, 0.4) is 0 Å². The Morgan fingerprint density at radius 2 is 1.79 bits per heavy atom. The number of hydrogen-bond donors (Lipinski definition) is 2. The number of sulfone groups is 1. The van der Waals surface area contributed by atoms with Crippen molar-refractivity contribution in [3.63, 3.8) is 0 Å². The average molecular weight is 423 g/mol. The van der Waals surface area contributed by atoms with Crippen LogP contribution in [0.25, 0.3) is 0 Å². The van der Waals surface area contributed by atoms with E-state index in [9.17, 15) is 18.0 Å². The van der Waals surface area contributed by atoms with Gasteiger partial charge in [-0.1, -0.05) is 25.5 Å². The monoisotopic (exact) mass is 422 g/mol. The molecule has 1 atom stereocenters. The summed E-state index contributed by atoms with van der Waals surface area (Å²) in [6.07, 6.45) is 1.68. The van der Waals surface area contributed by atoms with Gasteiger partial charge in [-0.15, -0.1) is 11.3 Å². The average Bonchev–Trinajstić information content (AvgIpc) is 3.18. The molecule has 2 N–H and O–H groups in total. The van der Waals surface area contributed by atoms with E-state index in [1.54, 1.807) is 35.7 Å². The molecule has 0 saturated carbocycles. The van der Waals surface area contributed by atoms with Gasteiger partial charge in [0.1, 0.15) is 5.25 Å². The Kier molecular flexibility index (Phi) is 7.77. The number of carbonyl (C=O) groups excluding carboxylic acids is 2. The molecule has 0 aliphatic heterocycles. The summed E-state index contributed by atoms with van der Waals surface area (Å²) in [5.74, 6) is -1.57. The van der Waals surface area contributed by atoms with Gasteiger partial charge in [-0.2, -0.15) is 0 Å². The van der Waals surface area contributed by atoms with Gasteiger partial charge in [0, 0.05) is 18.0 Å². The zero-order chi connectivity index (χ0) is 20.7. The number of benzene rings is 1. The number of unbranched alkanes of at least 4 members (excludes halogenated alkanes) is 1. The Morgan fingerprint density at radius 1 is 1.07 bits per heavy atom. The lowest BCUT2D eigenvalue weighted by Gasteiger charge is -2.18. The minimum atomic E-state index is -3.74. The van der Waals surface area contributed by atoms with E-state index in [2.05, 4.69) is 10.6 Å². The van der Waals surface area contributed by atoms with Crippen molar-refractivity contribution in [1.29, 1.82) is 0 Å². The molecule has 2 amide bonds. The van der Waals surface area contributed by atoms with E-state index >= 15 is 0 Å². The second kappa shape index (κ2) is 9.84. The van der Waals surface area contributed by atoms with Crippen LogP contribution in [0.2, 0.25) is 0 Å². The molecule has 28 heavy (non-hydrogen) atoms. The second-order valence-corrected chi connectivity index (χ2v) is 9.72. The van der Waals surface area contributed by atoms with Crippen LogP contribution in [-0.2, 0) is 19.4 Å². The molecule has 0 spiro atoms. The summed E-state index contributed by atoms with van der Waals surface area (Å²) in [5, 5.41) is 5.84. The molecule has 152 valence electrons. The van der Waals surface area contributed by atoms with Crippen molar-refractivity contribution in [1.82, 2.24) is 10.6 Å². The molecule has 1 heterocycles. The predicted octanol–water partition coefficient (Wildman–Crippen LogP) is 2.91. The first-order valence-corrected chi connectivity index (χ1v) is 11.6. The van der Waals surface area contributed by atoms with Crippen molar-refractivity contribution in [2.45, 2.75) is 43.8 Å². The van der Waals surface area contributed by atoms with Gasteiger partial charge in [-0.05, 0) is 55.0 Å². The number of hydrogen-bond acceptors (Lipinski definition) is 5. The van der Waals surface area contributed by atoms with Gasteiger partial charge in [0.2, 0.25) is 0 Å². The minimum Gasteiger partial charge on any atom is -0.348 e. The molecule has 0 radical (unpaired) electrons. The van der Waals surface area contributed by atoms with Crippen LogP contribution in [-0.4, -0.2) is 33.3 Å². The van der Waals surface area contributed by atoms with Gasteiger partial charge in [0.15, 0.2) is 9.84 Å². The van der Waals surface area contributed by atoms with E-state index < -0.39 is 26.9 Å². The first-order valence-electron chi connectivity index (χ1n) is 9.18. The maximum atomic E-state index is 13.2. The Bertz CT molecular complexity index is 922. The topological polar surface area (TPSA) is 92.3 Å². The van der Waals surface area contributed by atoms with Crippen LogP contribution in [0.1, 0.15) is 41.0 Å². The summed E-state index contributed by atoms with van der Waals surface area (Å²) in [5.41, 5.74) is 1.88. The lowest BCUT2D eigenvalue weighted by Crippen LogP contribution is -2.42. The molecule has 0 unspecified atom stereocenters. The summed E-state index contributed by atoms with van der Waals surface area (Å²) < 4.78 is 26.5. The quantitative estimate of drug-likeness (QED) is 0.505. The summed E-state index contributed by atoms with van der Waals surface area (Å²) in [7, 11) is -3.74. The molecule has 6 nitrogen and oxygen atoms in total. The van der Waals surface area contributed by atoms with Gasteiger partial charge in [-0.3, -0.25) is 9.59 Å². The number of nitrogens with one attached hydrogen (secondary N) is 2. The Labute approximate surface area is 170 Å². The van der Waals surface area contributed by atoms with Crippen LogP contribution < -0.4 is 10.6 Å². The van der Waals surface area contributed by atoms with E-state index in [1.807, 2.05) is 20.8 Å². The lowest BCUT2D eigenvalue weighted by atomic mass is 10.1. The van der Waals surface area contributed by atoms with Crippen molar-refractivity contribution in [2.75, 3.05) is 13.1 Å². The third-order valence-corrected chi connectivity index (χ3v) is 7.73. The highest BCUT2D eigenvalue weighted by Crippen LogP contribution is 2.32. The van der Waals surface area contributed by atoms with Gasteiger partial charge in [-0.25, -0.2) is 8.42 Å². The van der Waals surface area contributed by atoms with Crippen molar-refractivity contribution in [2.24, 2.45) is 0 Å². The first-order chi connectivity index (χ1) is 13.3. The predicted molar refractivity (Wildman–Crippen MR) is 111 cm³/mol. The van der Waals surface area contributed by atoms with E-state index in [-0.39, 0.29) is 11.4 Å². The van der Waals surface area contributed by atoms with E-state index in [1.165, 1.54) is 11.3 Å². The highest BCUT2D eigenvalue weighted by atomic mass is 32.2. The fourth-order valence-corrected chi connectivity index (χ4v) is 5.49. The highest BCUT2D eigenvalue weighted by molar-refractivity contribution is 7.91. The number of rotatable bonds is 8. The third kappa shape index (κ3) is 5.42. The van der Waals surface area contributed by atoms with Crippen LogP contribution in [0.4, 0.5) is 0 Å². The number of thiophene rings is 1. The summed E-state index contributed by atoms with van der Waals surface area (Å²) in [4.78, 5) is 24.7. The van der Waals surface area contributed by atoms with E-state index in [0.29, 0.717) is 11.4 Å². The maximum absolute atomic E-state index is 13.2. The maximum Gasteiger partial charge on any atom is 0.309 e. The van der Waals surface area contributed by atoms with Crippen molar-refractivity contribution >= 4 is 33.0 Å². The van der Waals surface area contributed by atoms with Crippen molar-refractivity contribution < 1.29 is 18.0 Å². The first kappa shape index (κ1) is 22.1. The molecule has 1 aromatic carbocycles. The molecular weight excluding hydrogens is 396 g/mol. The van der Waals surface area contributed by atoms with E-state index in [4.69, 9.17) is 0 Å². The molecule has 0 fully saturated rings. The van der Waals surface area contributed by atoms with E-state index in [0.717, 1.165) is 24.0 Å². The van der Waals surface area contributed by atoms with Crippen molar-refractivity contribution in [3.05, 3.63) is 51.7 Å². The van der Waals surface area contributed by atoms with Gasteiger partial charge in [0.25, 0.3) is 0 Å². The molecule has 0 aliphatic rings. The molecule has 0 aliphatic carbocycles. The fourth-order valence-electron chi connectivity index (χ4n) is 2.62. The van der Waals surface area contributed by atoms with Crippen LogP contribution in [0, 0.1) is 13.8 Å². The third-order valence-electron chi connectivity index (χ3n) is 4.51. The largest absolute Gasteiger partial charge is 0.348 e. The fraction of sp³-hybridized carbons (Fsp3) is 0.400. The van der Waals surface area contributed by atoms with Crippen LogP contribution in [0.15, 0.2) is 40.6 Å². The zero-order valence-electron chi connectivity index (χ0n) is 16.3. The molecule has 0 bridgehead atoms. The summed E-state index contributed by atoms with van der Waals surface area (Å²) >= 11 is 1.31. The van der Waals surface area contributed by atoms with Gasteiger partial charge < -0.3 is 10.6 Å². The van der Waals surface area contributed by atoms with Gasteiger partial charge in [0.05, 0.1) is 4.90 Å². The molecule has 2 aromatic rings. The van der Waals surface area contributed by atoms with Gasteiger partial charge >= 0.3 is 11.8 Å². The molecular formula is C20H26N2O4S2. The molecule has 2 rings (SSSR count). The highest BCUT2D eigenvalue weighted by Gasteiger charge is 2.31. The number of amides is 2. The summed E-state index contributed by atoms with van der Waals surface area (Å²) in [6, 6.07) is 8.49. The van der Waals surface area contributed by atoms with Crippen LogP contribution in [0.5, 0.6) is 0 Å². The van der Waals surface area contributed by atoms with Crippen molar-refractivity contribution in [3.8, 4) is 0 Å². The SMILES string of the molecule is CCCCNC(=O)C(=O)NC[C@H](c1cccs1)S(=O)(=O)c1ccc(C)c(C)c1.